The number of aryl methyl sites for hydroxylation is 1. The summed E-state index contributed by atoms with van der Waals surface area (Å²) in [5.74, 6) is 2.11. The van der Waals surface area contributed by atoms with Crippen molar-refractivity contribution in [1.29, 1.82) is 0 Å². The van der Waals surface area contributed by atoms with Crippen molar-refractivity contribution < 1.29 is 0 Å². The summed E-state index contributed by atoms with van der Waals surface area (Å²) in [4.78, 5) is 0. The van der Waals surface area contributed by atoms with Gasteiger partial charge in [0.15, 0.2) is 5.82 Å². The van der Waals surface area contributed by atoms with E-state index in [2.05, 4.69) is 22.4 Å². The van der Waals surface area contributed by atoms with E-state index in [-0.39, 0.29) is 6.04 Å². The van der Waals surface area contributed by atoms with Crippen LogP contribution in [0.15, 0.2) is 0 Å². The summed E-state index contributed by atoms with van der Waals surface area (Å²) in [6, 6.07) is 0.0139. The normalized spacial score (nSPS) is 30.2. The summed E-state index contributed by atoms with van der Waals surface area (Å²) < 4.78 is 1.65. The zero-order valence-corrected chi connectivity index (χ0v) is 7.31. The molecule has 1 heterocycles. The maximum atomic E-state index is 5.97. The molecule has 1 fully saturated rings. The van der Waals surface area contributed by atoms with Gasteiger partial charge in [-0.25, -0.2) is 4.68 Å². The zero-order valence-electron chi connectivity index (χ0n) is 7.31. The largest absolute Gasteiger partial charge is 0.321 e. The monoisotopic (exact) mass is 167 g/mol. The van der Waals surface area contributed by atoms with Crippen molar-refractivity contribution in [3.8, 4) is 0 Å². The molecule has 5 heteroatoms. The van der Waals surface area contributed by atoms with Gasteiger partial charge in [0.05, 0.1) is 6.04 Å². The Morgan fingerprint density at radius 2 is 2.33 bits per heavy atom. The Kier molecular flexibility index (Phi) is 1.61. The summed E-state index contributed by atoms with van der Waals surface area (Å²) in [5, 5.41) is 11.2. The fourth-order valence-corrected chi connectivity index (χ4v) is 1.56. The first-order valence-corrected chi connectivity index (χ1v) is 4.18. The maximum absolute atomic E-state index is 5.97. The van der Waals surface area contributed by atoms with Crippen LogP contribution >= 0.6 is 0 Å². The minimum absolute atomic E-state index is 0.0139. The summed E-state index contributed by atoms with van der Waals surface area (Å²) in [5.41, 5.74) is 5.97. The molecule has 2 rings (SSSR count). The molecule has 3 atom stereocenters. The molecule has 0 saturated heterocycles. The van der Waals surface area contributed by atoms with Gasteiger partial charge in [0.1, 0.15) is 0 Å². The second-order valence-electron chi connectivity index (χ2n) is 3.56. The predicted molar refractivity (Wildman–Crippen MR) is 43.0 cm³/mol. The number of nitrogens with zero attached hydrogens (tertiary/aromatic N) is 4. The molecule has 12 heavy (non-hydrogen) atoms. The van der Waals surface area contributed by atoms with E-state index in [0.29, 0.717) is 5.92 Å². The molecule has 0 amide bonds. The highest BCUT2D eigenvalue weighted by molar-refractivity contribution is 5.01. The number of hydrogen-bond acceptors (Lipinski definition) is 4. The maximum Gasteiger partial charge on any atom is 0.168 e. The fraction of sp³-hybridized carbons (Fsp3) is 0.857. The standard InChI is InChI=1S/C7H13N5/c1-4-3-5(4)6(8)7-9-10-11-12(7)2/h4-6H,3,8H2,1-2H3. The third-order valence-corrected chi connectivity index (χ3v) is 2.58. The topological polar surface area (TPSA) is 69.6 Å². The van der Waals surface area contributed by atoms with Crippen LogP contribution in [-0.4, -0.2) is 20.2 Å². The minimum atomic E-state index is 0.0139. The van der Waals surface area contributed by atoms with Crippen LogP contribution < -0.4 is 5.73 Å². The molecule has 2 N–H and O–H groups in total. The lowest BCUT2D eigenvalue weighted by atomic mass is 10.1. The highest BCUT2D eigenvalue weighted by Crippen LogP contribution is 2.44. The van der Waals surface area contributed by atoms with Crippen LogP contribution in [0.3, 0.4) is 0 Å². The highest BCUT2D eigenvalue weighted by Gasteiger charge is 2.40. The summed E-state index contributed by atoms with van der Waals surface area (Å²) >= 11 is 0. The van der Waals surface area contributed by atoms with Crippen molar-refractivity contribution in [1.82, 2.24) is 20.2 Å². The number of hydrogen-bond donors (Lipinski definition) is 1. The number of tetrazole rings is 1. The van der Waals surface area contributed by atoms with Crippen LogP contribution in [0.25, 0.3) is 0 Å². The van der Waals surface area contributed by atoms with E-state index in [0.717, 1.165) is 11.7 Å². The van der Waals surface area contributed by atoms with Gasteiger partial charge in [0, 0.05) is 7.05 Å². The molecule has 1 aliphatic carbocycles. The van der Waals surface area contributed by atoms with Gasteiger partial charge < -0.3 is 5.73 Å². The van der Waals surface area contributed by atoms with Gasteiger partial charge >= 0.3 is 0 Å². The SMILES string of the molecule is CC1CC1C(N)c1nnnn1C. The third kappa shape index (κ3) is 1.10. The molecule has 1 aromatic rings. The van der Waals surface area contributed by atoms with E-state index in [1.807, 2.05) is 7.05 Å². The van der Waals surface area contributed by atoms with E-state index < -0.39 is 0 Å². The molecule has 0 aliphatic heterocycles. The molecule has 0 radical (unpaired) electrons. The summed E-state index contributed by atoms with van der Waals surface area (Å²) in [7, 11) is 1.82. The molecule has 66 valence electrons. The lowest BCUT2D eigenvalue weighted by Crippen LogP contribution is -2.18. The number of aromatic nitrogens is 4. The first kappa shape index (κ1) is 7.67. The second-order valence-corrected chi connectivity index (χ2v) is 3.56. The Hall–Kier alpha value is -0.970. The first-order valence-electron chi connectivity index (χ1n) is 4.18. The molecule has 5 nitrogen and oxygen atoms in total. The van der Waals surface area contributed by atoms with E-state index >= 15 is 0 Å². The number of rotatable bonds is 2. The molecular formula is C7H13N5. The van der Waals surface area contributed by atoms with Gasteiger partial charge in [-0.15, -0.1) is 5.10 Å². The average molecular weight is 167 g/mol. The predicted octanol–water partition coefficient (Wildman–Crippen LogP) is -0.134. The van der Waals surface area contributed by atoms with Gasteiger partial charge in [-0.2, -0.15) is 0 Å². The molecular weight excluding hydrogens is 154 g/mol. The van der Waals surface area contributed by atoms with Crippen molar-refractivity contribution in [2.45, 2.75) is 19.4 Å². The van der Waals surface area contributed by atoms with Gasteiger partial charge in [-0.05, 0) is 28.7 Å². The Bertz CT molecular complexity index is 281. The second kappa shape index (κ2) is 2.52. The molecule has 1 aromatic heterocycles. The van der Waals surface area contributed by atoms with E-state index in [1.165, 1.54) is 6.42 Å². The van der Waals surface area contributed by atoms with Crippen LogP contribution in [0, 0.1) is 11.8 Å². The molecule has 1 aliphatic rings. The van der Waals surface area contributed by atoms with Gasteiger partial charge in [-0.1, -0.05) is 6.92 Å². The summed E-state index contributed by atoms with van der Waals surface area (Å²) in [6.07, 6.45) is 1.20. The minimum Gasteiger partial charge on any atom is -0.321 e. The van der Waals surface area contributed by atoms with Crippen molar-refractivity contribution in [3.63, 3.8) is 0 Å². The summed E-state index contributed by atoms with van der Waals surface area (Å²) in [6.45, 7) is 2.20. The van der Waals surface area contributed by atoms with Gasteiger partial charge in [-0.3, -0.25) is 0 Å². The van der Waals surface area contributed by atoms with Crippen LogP contribution in [-0.2, 0) is 7.05 Å². The smallest absolute Gasteiger partial charge is 0.168 e. The Labute approximate surface area is 70.9 Å². The first-order chi connectivity index (χ1) is 5.70. The molecule has 0 spiro atoms. The van der Waals surface area contributed by atoms with Gasteiger partial charge in [0.25, 0.3) is 0 Å². The van der Waals surface area contributed by atoms with Crippen LogP contribution in [0.5, 0.6) is 0 Å². The Morgan fingerprint density at radius 3 is 2.75 bits per heavy atom. The van der Waals surface area contributed by atoms with Crippen molar-refractivity contribution in [2.24, 2.45) is 24.6 Å². The Balaban J connectivity index is 2.14. The quantitative estimate of drug-likeness (QED) is 0.666. The van der Waals surface area contributed by atoms with Crippen molar-refractivity contribution in [2.75, 3.05) is 0 Å². The molecule has 3 unspecified atom stereocenters. The third-order valence-electron chi connectivity index (χ3n) is 2.58. The average Bonchev–Trinajstić information content (AvgIpc) is 2.59. The zero-order chi connectivity index (χ0) is 8.72. The van der Waals surface area contributed by atoms with Gasteiger partial charge in [0.2, 0.25) is 0 Å². The van der Waals surface area contributed by atoms with Crippen LogP contribution in [0.4, 0.5) is 0 Å². The molecule has 0 bridgehead atoms. The molecule has 1 saturated carbocycles. The van der Waals surface area contributed by atoms with E-state index in [1.54, 1.807) is 4.68 Å². The Morgan fingerprint density at radius 1 is 1.67 bits per heavy atom. The van der Waals surface area contributed by atoms with E-state index in [9.17, 15) is 0 Å². The van der Waals surface area contributed by atoms with Crippen LogP contribution in [0.2, 0.25) is 0 Å². The van der Waals surface area contributed by atoms with Crippen LogP contribution in [0.1, 0.15) is 25.2 Å². The fourth-order valence-electron chi connectivity index (χ4n) is 1.56. The highest BCUT2D eigenvalue weighted by atomic mass is 15.5. The van der Waals surface area contributed by atoms with Crippen molar-refractivity contribution >= 4 is 0 Å². The van der Waals surface area contributed by atoms with Crippen molar-refractivity contribution in [3.05, 3.63) is 5.82 Å². The number of nitrogens with two attached hydrogens (primary N) is 1. The lowest BCUT2D eigenvalue weighted by molar-refractivity contribution is 0.528. The molecule has 0 aromatic carbocycles. The van der Waals surface area contributed by atoms with E-state index in [4.69, 9.17) is 5.73 Å². The lowest BCUT2D eigenvalue weighted by Gasteiger charge is -2.07.